The van der Waals surface area contributed by atoms with Gasteiger partial charge in [-0.25, -0.2) is 0 Å². The minimum Gasteiger partial charge on any atom is -0.495 e. The molecule has 5 rings (SSSR count). The molecule has 2 aromatic carbocycles. The molecule has 0 saturated heterocycles. The van der Waals surface area contributed by atoms with Crippen LogP contribution in [0.3, 0.4) is 0 Å². The Hall–Kier alpha value is -2.45. The second-order valence-electron chi connectivity index (χ2n) is 8.01. The highest BCUT2D eigenvalue weighted by atomic mass is 79.9. The first-order valence-electron chi connectivity index (χ1n) is 10.0. The Labute approximate surface area is 188 Å². The lowest BCUT2D eigenvalue weighted by Crippen LogP contribution is -2.52. The summed E-state index contributed by atoms with van der Waals surface area (Å²) in [7, 11) is 1.49. The van der Waals surface area contributed by atoms with Crippen LogP contribution in [0, 0.1) is 5.92 Å². The molecule has 0 spiro atoms. The number of aromatic nitrogens is 1. The van der Waals surface area contributed by atoms with Gasteiger partial charge in [0, 0.05) is 22.9 Å². The smallest absolute Gasteiger partial charge is 0.177 e. The number of hydrogen-bond donors (Lipinski definition) is 3. The molecule has 2 heterocycles. The van der Waals surface area contributed by atoms with Crippen molar-refractivity contribution in [2.45, 2.75) is 23.2 Å². The van der Waals surface area contributed by atoms with E-state index in [4.69, 9.17) is 9.47 Å². The van der Waals surface area contributed by atoms with Crippen molar-refractivity contribution in [2.75, 3.05) is 13.7 Å². The number of pyridine rings is 1. The van der Waals surface area contributed by atoms with Gasteiger partial charge in [0.15, 0.2) is 11.2 Å². The maximum atomic E-state index is 12.4. The van der Waals surface area contributed by atoms with Gasteiger partial charge in [-0.2, -0.15) is 0 Å². The topological polar surface area (TPSA) is 92.0 Å². The minimum absolute atomic E-state index is 0.323. The Morgan fingerprint density at radius 1 is 1.10 bits per heavy atom. The molecule has 3 N–H and O–H groups in total. The van der Waals surface area contributed by atoms with E-state index < -0.39 is 29.1 Å². The van der Waals surface area contributed by atoms with Gasteiger partial charge in [0.1, 0.15) is 11.5 Å². The van der Waals surface area contributed by atoms with E-state index in [2.05, 4.69) is 20.9 Å². The first kappa shape index (κ1) is 20.5. The molecule has 1 saturated carbocycles. The molecule has 3 aromatic rings. The predicted octanol–water partition coefficient (Wildman–Crippen LogP) is 3.10. The van der Waals surface area contributed by atoms with Gasteiger partial charge in [-0.1, -0.05) is 58.4 Å². The minimum atomic E-state index is -1.88. The number of aliphatic hydroxyl groups is 3. The van der Waals surface area contributed by atoms with E-state index >= 15 is 0 Å². The summed E-state index contributed by atoms with van der Waals surface area (Å²) in [6.07, 6.45) is 1.70. The van der Waals surface area contributed by atoms with E-state index in [-0.39, 0.29) is 6.61 Å². The zero-order chi connectivity index (χ0) is 21.8. The van der Waals surface area contributed by atoms with Crippen molar-refractivity contribution in [1.82, 2.24) is 4.98 Å². The van der Waals surface area contributed by atoms with Gasteiger partial charge in [0.05, 0.1) is 31.2 Å². The number of hydrogen-bond acceptors (Lipinski definition) is 6. The third-order valence-corrected chi connectivity index (χ3v) is 7.19. The Bertz CT molecular complexity index is 1110. The lowest BCUT2D eigenvalue weighted by atomic mass is 9.70. The van der Waals surface area contributed by atoms with Crippen LogP contribution in [-0.4, -0.2) is 40.1 Å². The maximum Gasteiger partial charge on any atom is 0.177 e. The van der Waals surface area contributed by atoms with E-state index in [9.17, 15) is 15.3 Å². The quantitative estimate of drug-likeness (QED) is 0.528. The van der Waals surface area contributed by atoms with Crippen LogP contribution in [0.5, 0.6) is 11.5 Å². The number of methoxy groups -OCH3 is 1. The van der Waals surface area contributed by atoms with Gasteiger partial charge in [0.25, 0.3) is 0 Å². The van der Waals surface area contributed by atoms with Crippen molar-refractivity contribution < 1.29 is 24.8 Å². The largest absolute Gasteiger partial charge is 0.495 e. The number of aliphatic hydroxyl groups excluding tert-OH is 2. The predicted molar refractivity (Wildman–Crippen MR) is 117 cm³/mol. The molecule has 0 bridgehead atoms. The van der Waals surface area contributed by atoms with E-state index in [1.165, 1.54) is 19.5 Å². The Balaban J connectivity index is 1.87. The molecule has 2 aliphatic rings. The molecule has 1 aromatic heterocycles. The highest BCUT2D eigenvalue weighted by molar-refractivity contribution is 9.10. The van der Waals surface area contributed by atoms with E-state index in [1.54, 1.807) is 0 Å². The number of benzene rings is 2. The van der Waals surface area contributed by atoms with Crippen LogP contribution < -0.4 is 9.47 Å². The summed E-state index contributed by atoms with van der Waals surface area (Å²) in [5.41, 5.74) is -1.41. The Morgan fingerprint density at radius 3 is 2.45 bits per heavy atom. The van der Waals surface area contributed by atoms with Crippen LogP contribution in [0.15, 0.2) is 71.5 Å². The van der Waals surface area contributed by atoms with Crippen molar-refractivity contribution in [3.63, 3.8) is 0 Å². The van der Waals surface area contributed by atoms with Crippen LogP contribution in [0.4, 0.5) is 0 Å². The molecule has 0 radical (unpaired) electrons. The fourth-order valence-electron chi connectivity index (χ4n) is 5.43. The zero-order valence-corrected chi connectivity index (χ0v) is 18.4. The molecular weight excluding hydrogens is 462 g/mol. The van der Waals surface area contributed by atoms with E-state index in [0.717, 1.165) is 10.0 Å². The van der Waals surface area contributed by atoms with Crippen molar-refractivity contribution in [3.8, 4) is 11.5 Å². The summed E-state index contributed by atoms with van der Waals surface area (Å²) in [5.74, 6) is -0.552. The average Bonchev–Trinajstić information content (AvgIpc) is 3.18. The second-order valence-corrected chi connectivity index (χ2v) is 8.92. The summed E-state index contributed by atoms with van der Waals surface area (Å²) in [6.45, 7) is -0.326. The molecule has 0 unspecified atom stereocenters. The Kier molecular flexibility index (Phi) is 4.82. The molecule has 0 amide bonds. The standard InChI is InChI=1S/C24H22BrNO5/c1-30-18-11-26-12-19-21(18)23(29)22(28)17(13-27)20(14-5-3-2-4-6-14)24(23,31-19)15-7-9-16(25)10-8-15/h2-12,17,20,22,27-29H,13H2,1H3/t17-,20-,22-,23+,24+/m1/s1. The first-order valence-corrected chi connectivity index (χ1v) is 10.8. The normalized spacial score (nSPS) is 31.1. The molecule has 6 nitrogen and oxygen atoms in total. The van der Waals surface area contributed by atoms with Crippen LogP contribution in [0.25, 0.3) is 0 Å². The Morgan fingerprint density at radius 2 is 1.81 bits per heavy atom. The summed E-state index contributed by atoms with van der Waals surface area (Å²) < 4.78 is 13.0. The van der Waals surface area contributed by atoms with Crippen LogP contribution in [0.2, 0.25) is 0 Å². The third-order valence-electron chi connectivity index (χ3n) is 6.66. The van der Waals surface area contributed by atoms with Crippen LogP contribution >= 0.6 is 15.9 Å². The maximum absolute atomic E-state index is 12.4. The van der Waals surface area contributed by atoms with Crippen LogP contribution in [-0.2, 0) is 11.2 Å². The lowest BCUT2D eigenvalue weighted by molar-refractivity contribution is -0.152. The number of nitrogens with zero attached hydrogens (tertiary/aromatic N) is 1. The third kappa shape index (κ3) is 2.58. The fraction of sp³-hybridized carbons (Fsp3) is 0.292. The van der Waals surface area contributed by atoms with Gasteiger partial charge in [-0.15, -0.1) is 0 Å². The van der Waals surface area contributed by atoms with Gasteiger partial charge < -0.3 is 24.8 Å². The lowest BCUT2D eigenvalue weighted by Gasteiger charge is -2.41. The molecule has 31 heavy (non-hydrogen) atoms. The molecule has 1 aliphatic carbocycles. The first-order chi connectivity index (χ1) is 15.0. The van der Waals surface area contributed by atoms with Gasteiger partial charge in [0.2, 0.25) is 0 Å². The number of ether oxygens (including phenoxy) is 2. The van der Waals surface area contributed by atoms with Crippen molar-refractivity contribution >= 4 is 15.9 Å². The van der Waals surface area contributed by atoms with E-state index in [0.29, 0.717) is 22.6 Å². The summed E-state index contributed by atoms with van der Waals surface area (Å²) in [6, 6.07) is 17.0. The van der Waals surface area contributed by atoms with Gasteiger partial charge in [-0.05, 0) is 23.3 Å². The summed E-state index contributed by atoms with van der Waals surface area (Å²) in [4.78, 5) is 4.19. The molecular formula is C24H22BrNO5. The summed E-state index contributed by atoms with van der Waals surface area (Å²) >= 11 is 3.46. The number of rotatable bonds is 4. The number of fused-ring (bicyclic) bond motifs is 3. The van der Waals surface area contributed by atoms with Crippen molar-refractivity contribution in [2.24, 2.45) is 5.92 Å². The summed E-state index contributed by atoms with van der Waals surface area (Å²) in [5, 5.41) is 34.2. The molecule has 1 aliphatic heterocycles. The second kappa shape index (κ2) is 7.31. The van der Waals surface area contributed by atoms with Gasteiger partial charge >= 0.3 is 0 Å². The molecule has 7 heteroatoms. The highest BCUT2D eigenvalue weighted by Gasteiger charge is 2.76. The van der Waals surface area contributed by atoms with Crippen LogP contribution in [0.1, 0.15) is 22.6 Å². The van der Waals surface area contributed by atoms with Crippen molar-refractivity contribution in [1.29, 1.82) is 0 Å². The number of halogens is 1. The average molecular weight is 484 g/mol. The van der Waals surface area contributed by atoms with Crippen molar-refractivity contribution in [3.05, 3.63) is 88.2 Å². The zero-order valence-electron chi connectivity index (χ0n) is 16.8. The fourth-order valence-corrected chi connectivity index (χ4v) is 5.70. The van der Waals surface area contributed by atoms with E-state index in [1.807, 2.05) is 54.6 Å². The molecule has 1 fully saturated rings. The molecule has 160 valence electrons. The monoisotopic (exact) mass is 483 g/mol. The van der Waals surface area contributed by atoms with Gasteiger partial charge in [-0.3, -0.25) is 4.98 Å². The SMILES string of the molecule is COc1cncc2c1[C@]1(O)[C@H](O)[C@H](CO)[C@@H](c3ccccc3)[C@]1(c1ccc(Br)cc1)O2. The highest BCUT2D eigenvalue weighted by Crippen LogP contribution is 2.69. The molecule has 5 atom stereocenters.